The van der Waals surface area contributed by atoms with Crippen molar-refractivity contribution < 1.29 is 4.79 Å². The first-order valence-corrected chi connectivity index (χ1v) is 6.22. The first-order valence-electron chi connectivity index (χ1n) is 6.22. The molecule has 6 heteroatoms. The molecule has 2 heterocycles. The van der Waals surface area contributed by atoms with Crippen molar-refractivity contribution in [3.05, 3.63) is 18.0 Å². The lowest BCUT2D eigenvalue weighted by Crippen LogP contribution is -2.56. The molecule has 0 aromatic carbocycles. The van der Waals surface area contributed by atoms with Crippen LogP contribution in [0, 0.1) is 0 Å². The predicted octanol–water partition coefficient (Wildman–Crippen LogP) is -0.718. The number of nitrogens with one attached hydrogen (secondary N) is 1. The molecule has 0 radical (unpaired) electrons. The van der Waals surface area contributed by atoms with Crippen LogP contribution in [0.2, 0.25) is 0 Å². The molecule has 1 saturated heterocycles. The van der Waals surface area contributed by atoms with E-state index in [1.54, 1.807) is 7.05 Å². The van der Waals surface area contributed by atoms with Crippen molar-refractivity contribution in [2.24, 2.45) is 7.05 Å². The summed E-state index contributed by atoms with van der Waals surface area (Å²) in [5, 5.41) is 6.90. The second-order valence-electron chi connectivity index (χ2n) is 4.87. The summed E-state index contributed by atoms with van der Waals surface area (Å²) in [4.78, 5) is 16.2. The Bertz CT molecular complexity index is 416. The highest BCUT2D eigenvalue weighted by atomic mass is 16.2. The van der Waals surface area contributed by atoms with E-state index in [0.717, 1.165) is 26.2 Å². The number of rotatable bonds is 3. The van der Waals surface area contributed by atoms with Crippen molar-refractivity contribution in [2.75, 3.05) is 33.7 Å². The van der Waals surface area contributed by atoms with Crippen LogP contribution in [0.4, 0.5) is 0 Å². The fraction of sp³-hybridized carbons (Fsp3) is 0.667. The van der Waals surface area contributed by atoms with Crippen LogP contribution in [-0.4, -0.2) is 65.3 Å². The van der Waals surface area contributed by atoms with Crippen molar-refractivity contribution in [1.82, 2.24) is 24.9 Å². The number of likely N-dealkylation sites (N-methyl/N-ethyl adjacent to an activating group) is 2. The molecule has 1 atom stereocenters. The van der Waals surface area contributed by atoms with E-state index in [-0.39, 0.29) is 11.9 Å². The Morgan fingerprint density at radius 3 is 2.89 bits per heavy atom. The van der Waals surface area contributed by atoms with Crippen molar-refractivity contribution in [3.8, 4) is 0 Å². The topological polar surface area (TPSA) is 53.4 Å². The van der Waals surface area contributed by atoms with Gasteiger partial charge in [0.05, 0.1) is 6.20 Å². The van der Waals surface area contributed by atoms with Crippen molar-refractivity contribution in [2.45, 2.75) is 12.6 Å². The molecular formula is C12H21N5O. The summed E-state index contributed by atoms with van der Waals surface area (Å²) >= 11 is 0. The third-order valence-corrected chi connectivity index (χ3v) is 3.45. The third kappa shape index (κ3) is 2.88. The molecule has 1 aromatic heterocycles. The highest BCUT2D eigenvalue weighted by Crippen LogP contribution is 2.11. The van der Waals surface area contributed by atoms with Crippen LogP contribution >= 0.6 is 0 Å². The summed E-state index contributed by atoms with van der Waals surface area (Å²) in [5.41, 5.74) is 1.19. The van der Waals surface area contributed by atoms with Gasteiger partial charge in [0.25, 0.3) is 0 Å². The Labute approximate surface area is 108 Å². The number of carbonyl (C=O) groups is 1. The van der Waals surface area contributed by atoms with E-state index in [0.29, 0.717) is 0 Å². The quantitative estimate of drug-likeness (QED) is 0.770. The van der Waals surface area contributed by atoms with E-state index < -0.39 is 0 Å². The lowest BCUT2D eigenvalue weighted by Gasteiger charge is -2.38. The second-order valence-corrected chi connectivity index (χ2v) is 4.87. The molecule has 6 nitrogen and oxygen atoms in total. The van der Waals surface area contributed by atoms with Crippen LogP contribution in [0.3, 0.4) is 0 Å². The van der Waals surface area contributed by atoms with Crippen LogP contribution in [-0.2, 0) is 18.4 Å². The van der Waals surface area contributed by atoms with Gasteiger partial charge in [-0.25, -0.2) is 0 Å². The average molecular weight is 251 g/mol. The van der Waals surface area contributed by atoms with Gasteiger partial charge in [0.1, 0.15) is 6.04 Å². The summed E-state index contributed by atoms with van der Waals surface area (Å²) < 4.78 is 1.81. The van der Waals surface area contributed by atoms with Crippen molar-refractivity contribution in [3.63, 3.8) is 0 Å². The first-order chi connectivity index (χ1) is 8.60. The number of carbonyl (C=O) groups excluding carboxylic acids is 1. The number of nitrogens with zero attached hydrogens (tertiary/aromatic N) is 4. The third-order valence-electron chi connectivity index (χ3n) is 3.45. The maximum absolute atomic E-state index is 11.8. The Morgan fingerprint density at radius 2 is 2.28 bits per heavy atom. The minimum atomic E-state index is -0.0552. The summed E-state index contributed by atoms with van der Waals surface area (Å²) in [6, 6.07) is -0.0552. The molecule has 1 aromatic rings. The van der Waals surface area contributed by atoms with E-state index in [1.165, 1.54) is 5.56 Å². The zero-order valence-electron chi connectivity index (χ0n) is 11.3. The van der Waals surface area contributed by atoms with Crippen molar-refractivity contribution >= 4 is 5.91 Å². The summed E-state index contributed by atoms with van der Waals surface area (Å²) in [5.74, 6) is 0.0911. The van der Waals surface area contributed by atoms with Crippen LogP contribution in [0.1, 0.15) is 5.56 Å². The van der Waals surface area contributed by atoms with Crippen LogP contribution in [0.15, 0.2) is 12.4 Å². The molecule has 1 aliphatic rings. The molecule has 0 unspecified atom stereocenters. The number of aromatic nitrogens is 2. The Hall–Kier alpha value is -1.40. The highest BCUT2D eigenvalue weighted by Gasteiger charge is 2.29. The fourth-order valence-electron chi connectivity index (χ4n) is 2.34. The Balaban J connectivity index is 1.96. The minimum absolute atomic E-state index is 0.0552. The predicted molar refractivity (Wildman–Crippen MR) is 69.0 cm³/mol. The number of piperazine rings is 1. The van der Waals surface area contributed by atoms with E-state index in [9.17, 15) is 4.79 Å². The van der Waals surface area contributed by atoms with Crippen LogP contribution in [0.5, 0.6) is 0 Å². The summed E-state index contributed by atoms with van der Waals surface area (Å²) in [6.07, 6.45) is 3.90. The van der Waals surface area contributed by atoms with Gasteiger partial charge in [0, 0.05) is 52.0 Å². The minimum Gasteiger partial charge on any atom is -0.358 e. The van der Waals surface area contributed by atoms with E-state index in [4.69, 9.17) is 0 Å². The largest absolute Gasteiger partial charge is 0.358 e. The molecule has 1 aliphatic heterocycles. The second kappa shape index (κ2) is 5.49. The molecule has 100 valence electrons. The van der Waals surface area contributed by atoms with Crippen LogP contribution < -0.4 is 5.32 Å². The summed E-state index contributed by atoms with van der Waals surface area (Å²) in [6.45, 7) is 3.53. The standard InChI is InChI=1S/C12H21N5O/c1-13-12(18)11-9-17(5-4-15(11)2)8-10-6-14-16(3)7-10/h6-7,11H,4-5,8-9H2,1-3H3,(H,13,18)/t11-/m1/s1. The van der Waals surface area contributed by atoms with Crippen LogP contribution in [0.25, 0.3) is 0 Å². The zero-order valence-corrected chi connectivity index (χ0v) is 11.3. The van der Waals surface area contributed by atoms with Gasteiger partial charge < -0.3 is 5.32 Å². The van der Waals surface area contributed by atoms with Gasteiger partial charge in [-0.2, -0.15) is 5.10 Å². The molecule has 0 saturated carbocycles. The Morgan fingerprint density at radius 1 is 1.50 bits per heavy atom. The maximum atomic E-state index is 11.8. The van der Waals surface area contributed by atoms with Gasteiger partial charge in [0.2, 0.25) is 5.91 Å². The molecule has 1 N–H and O–H groups in total. The van der Waals surface area contributed by atoms with E-state index in [2.05, 4.69) is 20.2 Å². The van der Waals surface area contributed by atoms with Gasteiger partial charge in [-0.3, -0.25) is 19.3 Å². The van der Waals surface area contributed by atoms with Gasteiger partial charge in [0.15, 0.2) is 0 Å². The van der Waals surface area contributed by atoms with E-state index in [1.807, 2.05) is 31.2 Å². The molecule has 0 bridgehead atoms. The lowest BCUT2D eigenvalue weighted by molar-refractivity contribution is -0.127. The smallest absolute Gasteiger partial charge is 0.238 e. The summed E-state index contributed by atoms with van der Waals surface area (Å²) in [7, 11) is 5.61. The maximum Gasteiger partial charge on any atom is 0.238 e. The fourth-order valence-corrected chi connectivity index (χ4v) is 2.34. The lowest BCUT2D eigenvalue weighted by atomic mass is 10.1. The SMILES string of the molecule is CNC(=O)[C@H]1CN(Cc2cnn(C)c2)CCN1C. The number of hydrogen-bond donors (Lipinski definition) is 1. The molecule has 1 fully saturated rings. The average Bonchev–Trinajstić information content (AvgIpc) is 2.76. The van der Waals surface area contributed by atoms with Gasteiger partial charge >= 0.3 is 0 Å². The number of aryl methyl sites for hydroxylation is 1. The highest BCUT2D eigenvalue weighted by molar-refractivity contribution is 5.81. The van der Waals surface area contributed by atoms with E-state index >= 15 is 0 Å². The van der Waals surface area contributed by atoms with Crippen molar-refractivity contribution in [1.29, 1.82) is 0 Å². The molecule has 18 heavy (non-hydrogen) atoms. The molecule has 2 rings (SSSR count). The Kier molecular flexibility index (Phi) is 3.98. The molecule has 0 aliphatic carbocycles. The first kappa shape index (κ1) is 13.0. The zero-order chi connectivity index (χ0) is 13.1. The monoisotopic (exact) mass is 251 g/mol. The van der Waals surface area contributed by atoms with Gasteiger partial charge in [-0.05, 0) is 7.05 Å². The van der Waals surface area contributed by atoms with Gasteiger partial charge in [-0.1, -0.05) is 0 Å². The number of hydrogen-bond acceptors (Lipinski definition) is 4. The normalized spacial score (nSPS) is 22.1. The molecule has 1 amide bonds. The molecule has 0 spiro atoms. The molecular weight excluding hydrogens is 230 g/mol. The van der Waals surface area contributed by atoms with Gasteiger partial charge in [-0.15, -0.1) is 0 Å². The number of amides is 1.